The van der Waals surface area contributed by atoms with Crippen molar-refractivity contribution < 1.29 is 19.0 Å². The Hall–Kier alpha value is -2.94. The number of ether oxygens (including phenoxy) is 3. The van der Waals surface area contributed by atoms with Gasteiger partial charge < -0.3 is 24.8 Å². The second kappa shape index (κ2) is 14.1. The molecule has 0 atom stereocenters. The fourth-order valence-corrected chi connectivity index (χ4v) is 2.56. The maximum Gasteiger partial charge on any atom is 0.285 e. The predicted molar refractivity (Wildman–Crippen MR) is 117 cm³/mol. The Kier molecular flexibility index (Phi) is 11.8. The molecule has 0 unspecified atom stereocenters. The largest absolute Gasteiger partial charge is 0.493 e. The lowest BCUT2D eigenvalue weighted by Gasteiger charge is -2.14. The van der Waals surface area contributed by atoms with Gasteiger partial charge in [0.2, 0.25) is 6.41 Å². The fourth-order valence-electron chi connectivity index (χ4n) is 2.37. The summed E-state index contributed by atoms with van der Waals surface area (Å²) in [5.74, 6) is 1.55. The molecule has 10 heteroatoms. The number of benzene rings is 1. The maximum absolute atomic E-state index is 11.8. The molecule has 0 saturated carbocycles. The van der Waals surface area contributed by atoms with E-state index in [2.05, 4.69) is 27.8 Å². The molecule has 30 heavy (non-hydrogen) atoms. The van der Waals surface area contributed by atoms with Gasteiger partial charge in [-0.05, 0) is 24.1 Å². The maximum atomic E-state index is 11.8. The van der Waals surface area contributed by atoms with Crippen molar-refractivity contribution in [3.63, 3.8) is 0 Å². The second-order valence-electron chi connectivity index (χ2n) is 6.05. The highest BCUT2D eigenvalue weighted by Crippen LogP contribution is 2.30. The molecule has 0 aliphatic heterocycles. The third-order valence-corrected chi connectivity index (χ3v) is 4.27. The van der Waals surface area contributed by atoms with Crippen LogP contribution in [0.5, 0.6) is 17.4 Å². The van der Waals surface area contributed by atoms with Crippen LogP contribution < -0.4 is 30.4 Å². The number of halogens is 1. The number of aromatic nitrogens is 2. The Balaban J connectivity index is 0.00000103. The zero-order chi connectivity index (χ0) is 22.4. The van der Waals surface area contributed by atoms with Crippen molar-refractivity contribution in [1.29, 1.82) is 0 Å². The Morgan fingerprint density at radius 3 is 2.50 bits per heavy atom. The van der Waals surface area contributed by atoms with Gasteiger partial charge in [0.25, 0.3) is 11.4 Å². The average Bonchev–Trinajstić information content (AvgIpc) is 2.78. The van der Waals surface area contributed by atoms with Gasteiger partial charge in [-0.3, -0.25) is 9.59 Å². The Bertz CT molecular complexity index is 844. The normalized spacial score (nSPS) is 9.77. The van der Waals surface area contributed by atoms with Gasteiger partial charge in [0.05, 0.1) is 20.8 Å². The molecule has 0 aliphatic carbocycles. The number of unbranched alkanes of at least 4 members (excludes halogenated alkanes) is 2. The Morgan fingerprint density at radius 2 is 1.90 bits per heavy atom. The minimum absolute atomic E-state index is 0.0194. The number of carbonyl (C=O) groups excluding carboxylic acids is 1. The standard InChI is InChI=1S/C18H24ClN3O4.C2H5NO/c1-4-5-6-9-26-18-16(15(19)17(23)21-22-18)20-11-12-7-8-13(24-2)14(10-12)25-3;1-3-2-4/h7-8,10H,4-6,9,11H2,1-3H3,(H2,20,21,23);2H,1H3,(H,3,4). The molecule has 0 radical (unpaired) electrons. The van der Waals surface area contributed by atoms with E-state index in [0.29, 0.717) is 36.7 Å². The molecule has 3 N–H and O–H groups in total. The summed E-state index contributed by atoms with van der Waals surface area (Å²) in [6.45, 7) is 3.04. The third-order valence-electron chi connectivity index (χ3n) is 3.91. The van der Waals surface area contributed by atoms with E-state index < -0.39 is 5.56 Å². The summed E-state index contributed by atoms with van der Waals surface area (Å²) < 4.78 is 16.2. The fraction of sp³-hybridized carbons (Fsp3) is 0.450. The summed E-state index contributed by atoms with van der Waals surface area (Å²) >= 11 is 6.14. The zero-order valence-electron chi connectivity index (χ0n) is 17.7. The summed E-state index contributed by atoms with van der Waals surface area (Å²) in [7, 11) is 4.72. The quantitative estimate of drug-likeness (QED) is 0.363. The number of amides is 1. The van der Waals surface area contributed by atoms with Crippen molar-refractivity contribution >= 4 is 23.7 Å². The summed E-state index contributed by atoms with van der Waals surface area (Å²) in [4.78, 5) is 20.8. The monoisotopic (exact) mass is 440 g/mol. The molecule has 9 nitrogen and oxygen atoms in total. The average molecular weight is 441 g/mol. The van der Waals surface area contributed by atoms with Crippen LogP contribution in [0.4, 0.5) is 5.69 Å². The number of hydrogen-bond donors (Lipinski definition) is 3. The summed E-state index contributed by atoms with van der Waals surface area (Å²) in [6.07, 6.45) is 3.68. The first kappa shape index (κ1) is 25.1. The van der Waals surface area contributed by atoms with Crippen LogP contribution >= 0.6 is 11.6 Å². The molecule has 1 aromatic carbocycles. The molecular weight excluding hydrogens is 412 g/mol. The molecule has 2 aromatic rings. The highest BCUT2D eigenvalue weighted by molar-refractivity contribution is 6.33. The number of aromatic amines is 1. The van der Waals surface area contributed by atoms with Crippen molar-refractivity contribution in [3.05, 3.63) is 39.1 Å². The highest BCUT2D eigenvalue weighted by Gasteiger charge is 2.14. The first-order valence-electron chi connectivity index (χ1n) is 9.48. The van der Waals surface area contributed by atoms with Crippen LogP contribution in [0.3, 0.4) is 0 Å². The zero-order valence-corrected chi connectivity index (χ0v) is 18.5. The van der Waals surface area contributed by atoms with Gasteiger partial charge in [-0.15, -0.1) is 5.10 Å². The van der Waals surface area contributed by atoms with Crippen LogP contribution in [0.15, 0.2) is 23.0 Å². The molecule has 0 bridgehead atoms. The van der Waals surface area contributed by atoms with E-state index >= 15 is 0 Å². The molecular formula is C20H29ClN4O5. The molecule has 0 aliphatic rings. The lowest BCUT2D eigenvalue weighted by atomic mass is 10.2. The van der Waals surface area contributed by atoms with Crippen LogP contribution in [-0.2, 0) is 11.3 Å². The van der Waals surface area contributed by atoms with Gasteiger partial charge >= 0.3 is 0 Å². The van der Waals surface area contributed by atoms with Gasteiger partial charge in [-0.25, -0.2) is 5.10 Å². The molecule has 1 amide bonds. The SMILES string of the molecule is CCCCCOc1n[nH]c(=O)c(Cl)c1NCc1ccc(OC)c(OC)c1.CNC=O. The number of nitrogens with zero attached hydrogens (tertiary/aromatic N) is 1. The van der Waals surface area contributed by atoms with Crippen LogP contribution in [0.2, 0.25) is 5.02 Å². The first-order chi connectivity index (χ1) is 14.5. The Labute approximate surface area is 181 Å². The van der Waals surface area contributed by atoms with Crippen molar-refractivity contribution in [2.24, 2.45) is 0 Å². The predicted octanol–water partition coefficient (Wildman–Crippen LogP) is 2.98. The van der Waals surface area contributed by atoms with Gasteiger partial charge in [0.1, 0.15) is 10.7 Å². The van der Waals surface area contributed by atoms with E-state index in [1.807, 2.05) is 18.2 Å². The molecule has 1 heterocycles. The lowest BCUT2D eigenvalue weighted by Crippen LogP contribution is -2.15. The second-order valence-corrected chi connectivity index (χ2v) is 6.43. The minimum atomic E-state index is -0.470. The van der Waals surface area contributed by atoms with Crippen molar-refractivity contribution in [1.82, 2.24) is 15.5 Å². The van der Waals surface area contributed by atoms with E-state index in [4.69, 9.17) is 30.6 Å². The van der Waals surface area contributed by atoms with Gasteiger partial charge in [-0.1, -0.05) is 37.4 Å². The topological polar surface area (TPSA) is 115 Å². The van der Waals surface area contributed by atoms with Crippen molar-refractivity contribution in [2.75, 3.05) is 33.2 Å². The van der Waals surface area contributed by atoms with Crippen molar-refractivity contribution in [3.8, 4) is 17.4 Å². The first-order valence-corrected chi connectivity index (χ1v) is 9.86. The number of rotatable bonds is 11. The highest BCUT2D eigenvalue weighted by atomic mass is 35.5. The van der Waals surface area contributed by atoms with Crippen LogP contribution in [-0.4, -0.2) is 44.5 Å². The minimum Gasteiger partial charge on any atom is -0.493 e. The summed E-state index contributed by atoms with van der Waals surface area (Å²) in [6, 6.07) is 5.56. The van der Waals surface area contributed by atoms with Gasteiger partial charge in [-0.2, -0.15) is 0 Å². The van der Waals surface area contributed by atoms with E-state index in [0.717, 1.165) is 24.8 Å². The molecule has 2 rings (SSSR count). The number of anilines is 1. The van der Waals surface area contributed by atoms with Crippen molar-refractivity contribution in [2.45, 2.75) is 32.7 Å². The van der Waals surface area contributed by atoms with Gasteiger partial charge in [0.15, 0.2) is 11.5 Å². The summed E-state index contributed by atoms with van der Waals surface area (Å²) in [5.41, 5.74) is 0.833. The molecule has 166 valence electrons. The number of hydrogen-bond acceptors (Lipinski definition) is 7. The number of methoxy groups -OCH3 is 2. The molecule has 1 aromatic heterocycles. The smallest absolute Gasteiger partial charge is 0.285 e. The van der Waals surface area contributed by atoms with Crippen LogP contribution in [0.1, 0.15) is 31.7 Å². The molecule has 0 spiro atoms. The lowest BCUT2D eigenvalue weighted by molar-refractivity contribution is -0.109. The number of nitrogens with one attached hydrogen (secondary N) is 3. The van der Waals surface area contributed by atoms with E-state index in [1.165, 1.54) is 0 Å². The van der Waals surface area contributed by atoms with E-state index in [-0.39, 0.29) is 10.9 Å². The van der Waals surface area contributed by atoms with E-state index in [9.17, 15) is 4.79 Å². The van der Waals surface area contributed by atoms with E-state index in [1.54, 1.807) is 21.3 Å². The Morgan fingerprint density at radius 1 is 1.20 bits per heavy atom. The summed E-state index contributed by atoms with van der Waals surface area (Å²) in [5, 5.41) is 11.7. The van der Waals surface area contributed by atoms with Crippen LogP contribution in [0, 0.1) is 0 Å². The van der Waals surface area contributed by atoms with Gasteiger partial charge in [0, 0.05) is 13.6 Å². The van der Waals surface area contributed by atoms with Crippen LogP contribution in [0.25, 0.3) is 0 Å². The third kappa shape index (κ3) is 7.82. The molecule has 0 saturated heterocycles. The number of H-pyrrole nitrogens is 1. The number of carbonyl (C=O) groups is 1. The molecule has 0 fully saturated rings.